The van der Waals surface area contributed by atoms with Gasteiger partial charge in [-0.05, 0) is 50.1 Å². The van der Waals surface area contributed by atoms with E-state index in [9.17, 15) is 22.8 Å². The summed E-state index contributed by atoms with van der Waals surface area (Å²) in [5.74, 6) is -1.92. The molecule has 41 heavy (non-hydrogen) atoms. The number of anilines is 1. The number of sulfonamides is 1. The summed E-state index contributed by atoms with van der Waals surface area (Å²) in [6.45, 7) is 9.41. The van der Waals surface area contributed by atoms with Crippen LogP contribution < -0.4 is 5.32 Å². The van der Waals surface area contributed by atoms with E-state index in [1.54, 1.807) is 32.9 Å². The minimum atomic E-state index is -3.58. The predicted octanol–water partition coefficient (Wildman–Crippen LogP) is 5.43. The standard InChI is InChI=1S/C30H34N2O7S2/c1-6-32(7-2)41(36,37)24-16-11-22(12-17-24)13-18-26(34)39-19-25(33)31-29-28(30(35)38-8-3)27(21(5)40-29)23-14-9-20(4)10-15-23/h9-18H,6-8,19H2,1-5H3,(H,31,33)/b18-13+. The molecule has 0 unspecified atom stereocenters. The topological polar surface area (TPSA) is 119 Å². The van der Waals surface area contributed by atoms with Crippen molar-refractivity contribution in [1.82, 2.24) is 4.31 Å². The molecule has 0 aliphatic rings. The predicted molar refractivity (Wildman–Crippen MR) is 160 cm³/mol. The van der Waals surface area contributed by atoms with Crippen molar-refractivity contribution in [2.24, 2.45) is 0 Å². The molecular weight excluding hydrogens is 564 g/mol. The molecule has 1 heterocycles. The zero-order chi connectivity index (χ0) is 30.2. The quantitative estimate of drug-likeness (QED) is 0.218. The molecule has 0 atom stereocenters. The second-order valence-electron chi connectivity index (χ2n) is 8.97. The zero-order valence-electron chi connectivity index (χ0n) is 23.7. The van der Waals surface area contributed by atoms with Crippen LogP contribution in [0.4, 0.5) is 5.00 Å². The maximum Gasteiger partial charge on any atom is 0.341 e. The third kappa shape index (κ3) is 7.90. The molecule has 0 saturated carbocycles. The highest BCUT2D eigenvalue weighted by Gasteiger charge is 2.26. The number of thiophene rings is 1. The van der Waals surface area contributed by atoms with Crippen molar-refractivity contribution in [3.63, 3.8) is 0 Å². The summed E-state index contributed by atoms with van der Waals surface area (Å²) in [5, 5.41) is 2.99. The van der Waals surface area contributed by atoms with Gasteiger partial charge in [-0.15, -0.1) is 11.3 Å². The Balaban J connectivity index is 1.66. The van der Waals surface area contributed by atoms with Crippen LogP contribution in [0, 0.1) is 13.8 Å². The van der Waals surface area contributed by atoms with Gasteiger partial charge in [-0.2, -0.15) is 4.31 Å². The Hall–Kier alpha value is -3.80. The van der Waals surface area contributed by atoms with Crippen LogP contribution >= 0.6 is 11.3 Å². The fraction of sp³-hybridized carbons (Fsp3) is 0.300. The summed E-state index contributed by atoms with van der Waals surface area (Å²) in [4.78, 5) is 38.7. The lowest BCUT2D eigenvalue weighted by Gasteiger charge is -2.18. The fourth-order valence-electron chi connectivity index (χ4n) is 4.07. The van der Waals surface area contributed by atoms with E-state index in [4.69, 9.17) is 9.47 Å². The van der Waals surface area contributed by atoms with E-state index in [2.05, 4.69) is 5.32 Å². The Labute approximate surface area is 244 Å². The number of aryl methyl sites for hydroxylation is 2. The smallest absolute Gasteiger partial charge is 0.341 e. The Morgan fingerprint density at radius 1 is 0.927 bits per heavy atom. The molecule has 0 aliphatic carbocycles. The average Bonchev–Trinajstić information content (AvgIpc) is 3.27. The Morgan fingerprint density at radius 3 is 2.15 bits per heavy atom. The van der Waals surface area contributed by atoms with Crippen molar-refractivity contribution in [1.29, 1.82) is 0 Å². The summed E-state index contributed by atoms with van der Waals surface area (Å²) in [7, 11) is -3.58. The normalized spacial score (nSPS) is 11.6. The van der Waals surface area contributed by atoms with Crippen LogP contribution in [-0.2, 0) is 29.1 Å². The van der Waals surface area contributed by atoms with Crippen molar-refractivity contribution >= 4 is 50.3 Å². The van der Waals surface area contributed by atoms with Crippen LogP contribution in [0.1, 0.15) is 47.1 Å². The van der Waals surface area contributed by atoms with E-state index in [-0.39, 0.29) is 17.1 Å². The molecular formula is C30H34N2O7S2. The summed E-state index contributed by atoms with van der Waals surface area (Å²) >= 11 is 1.24. The molecule has 218 valence electrons. The number of hydrogen-bond donors (Lipinski definition) is 1. The van der Waals surface area contributed by atoms with Crippen molar-refractivity contribution in [3.8, 4) is 11.1 Å². The number of carbonyl (C=O) groups is 3. The van der Waals surface area contributed by atoms with E-state index < -0.39 is 34.5 Å². The minimum Gasteiger partial charge on any atom is -0.462 e. The number of benzene rings is 2. The van der Waals surface area contributed by atoms with Gasteiger partial charge in [0, 0.05) is 29.6 Å². The van der Waals surface area contributed by atoms with Crippen molar-refractivity contribution in [2.75, 3.05) is 31.6 Å². The van der Waals surface area contributed by atoms with Crippen LogP contribution in [0.25, 0.3) is 17.2 Å². The lowest BCUT2D eigenvalue weighted by molar-refractivity contribution is -0.142. The van der Waals surface area contributed by atoms with Crippen molar-refractivity contribution < 1.29 is 32.3 Å². The average molecular weight is 599 g/mol. The van der Waals surface area contributed by atoms with E-state index in [0.29, 0.717) is 29.2 Å². The van der Waals surface area contributed by atoms with Crippen LogP contribution in [0.2, 0.25) is 0 Å². The van der Waals surface area contributed by atoms with Crippen LogP contribution in [0.3, 0.4) is 0 Å². The second kappa shape index (κ2) is 14.2. The first-order valence-electron chi connectivity index (χ1n) is 13.1. The SMILES string of the molecule is CCOC(=O)c1c(NC(=O)COC(=O)/C=C/c2ccc(S(=O)(=O)N(CC)CC)cc2)sc(C)c1-c1ccc(C)cc1. The minimum absolute atomic E-state index is 0.161. The van der Waals surface area contributed by atoms with Gasteiger partial charge in [0.1, 0.15) is 10.6 Å². The number of rotatable bonds is 12. The van der Waals surface area contributed by atoms with Gasteiger partial charge in [0.15, 0.2) is 6.61 Å². The molecule has 0 spiro atoms. The number of esters is 2. The lowest BCUT2D eigenvalue weighted by Crippen LogP contribution is -2.30. The molecule has 0 fully saturated rings. The molecule has 0 bridgehead atoms. The second-order valence-corrected chi connectivity index (χ2v) is 12.1. The summed E-state index contributed by atoms with van der Waals surface area (Å²) in [6.07, 6.45) is 2.61. The Morgan fingerprint density at radius 2 is 1.56 bits per heavy atom. The maximum absolute atomic E-state index is 12.9. The van der Waals surface area contributed by atoms with Gasteiger partial charge < -0.3 is 14.8 Å². The third-order valence-corrected chi connectivity index (χ3v) is 9.22. The molecule has 3 rings (SSSR count). The maximum atomic E-state index is 12.9. The first-order chi connectivity index (χ1) is 19.5. The number of nitrogens with one attached hydrogen (secondary N) is 1. The molecule has 0 saturated heterocycles. The molecule has 11 heteroatoms. The Kier molecular flexibility index (Phi) is 11.0. The zero-order valence-corrected chi connectivity index (χ0v) is 25.4. The number of carbonyl (C=O) groups excluding carboxylic acids is 3. The van der Waals surface area contributed by atoms with Crippen LogP contribution in [0.5, 0.6) is 0 Å². The van der Waals surface area contributed by atoms with Crippen molar-refractivity contribution in [2.45, 2.75) is 39.5 Å². The molecule has 2 aromatic carbocycles. The molecule has 1 amide bonds. The van der Waals surface area contributed by atoms with Gasteiger partial charge in [-0.1, -0.05) is 55.8 Å². The lowest BCUT2D eigenvalue weighted by atomic mass is 10.0. The fourth-order valence-corrected chi connectivity index (χ4v) is 6.61. The summed E-state index contributed by atoms with van der Waals surface area (Å²) < 4.78 is 36.9. The largest absolute Gasteiger partial charge is 0.462 e. The molecule has 1 aromatic heterocycles. The summed E-state index contributed by atoms with van der Waals surface area (Å²) in [5.41, 5.74) is 3.41. The van der Waals surface area contributed by atoms with Crippen LogP contribution in [0.15, 0.2) is 59.5 Å². The molecule has 0 aliphatic heterocycles. The number of hydrogen-bond acceptors (Lipinski definition) is 8. The van der Waals surface area contributed by atoms with E-state index in [1.807, 2.05) is 38.1 Å². The highest BCUT2D eigenvalue weighted by molar-refractivity contribution is 7.89. The van der Waals surface area contributed by atoms with Gasteiger partial charge in [-0.25, -0.2) is 18.0 Å². The molecule has 9 nitrogen and oxygen atoms in total. The van der Waals surface area contributed by atoms with Gasteiger partial charge in [-0.3, -0.25) is 4.79 Å². The molecule has 1 N–H and O–H groups in total. The first-order valence-corrected chi connectivity index (χ1v) is 15.4. The van der Waals surface area contributed by atoms with Crippen LogP contribution in [-0.4, -0.2) is 56.9 Å². The van der Waals surface area contributed by atoms with Gasteiger partial charge in [0.2, 0.25) is 10.0 Å². The van der Waals surface area contributed by atoms with Crippen molar-refractivity contribution in [3.05, 3.63) is 76.2 Å². The summed E-state index contributed by atoms with van der Waals surface area (Å²) in [6, 6.07) is 13.8. The van der Waals surface area contributed by atoms with Gasteiger partial charge >= 0.3 is 11.9 Å². The number of ether oxygens (including phenoxy) is 2. The molecule has 0 radical (unpaired) electrons. The first kappa shape index (κ1) is 31.7. The van der Waals surface area contributed by atoms with Gasteiger partial charge in [0.25, 0.3) is 5.91 Å². The van der Waals surface area contributed by atoms with Gasteiger partial charge in [0.05, 0.1) is 11.5 Å². The van der Waals surface area contributed by atoms with E-state index >= 15 is 0 Å². The van der Waals surface area contributed by atoms with E-state index in [0.717, 1.165) is 22.1 Å². The van der Waals surface area contributed by atoms with E-state index in [1.165, 1.54) is 33.9 Å². The highest BCUT2D eigenvalue weighted by atomic mass is 32.2. The monoisotopic (exact) mass is 598 g/mol. The number of amides is 1. The third-order valence-electron chi connectivity index (χ3n) is 6.14. The number of nitrogens with zero attached hydrogens (tertiary/aromatic N) is 1. The highest BCUT2D eigenvalue weighted by Crippen LogP contribution is 2.40. The molecule has 3 aromatic rings. The Bertz CT molecular complexity index is 1520.